The number of hydrogen-bond donors (Lipinski definition) is 3. The molecule has 0 spiro atoms. The number of halogens is 1. The van der Waals surface area contributed by atoms with Crippen LogP contribution in [0.5, 0.6) is 0 Å². The van der Waals surface area contributed by atoms with E-state index in [0.717, 1.165) is 19.3 Å². The molecule has 98 valence electrons. The van der Waals surface area contributed by atoms with Crippen LogP contribution in [0, 0.1) is 0 Å². The van der Waals surface area contributed by atoms with Crippen molar-refractivity contribution < 1.29 is 8.42 Å². The van der Waals surface area contributed by atoms with Crippen LogP contribution >= 0.6 is 24.0 Å². The summed E-state index contributed by atoms with van der Waals surface area (Å²) in [4.78, 5) is 4.17. The van der Waals surface area contributed by atoms with E-state index >= 15 is 0 Å². The van der Waals surface area contributed by atoms with Crippen molar-refractivity contribution in [2.45, 2.75) is 13.8 Å². The highest BCUT2D eigenvalue weighted by atomic mass is 127. The van der Waals surface area contributed by atoms with Crippen molar-refractivity contribution in [1.29, 1.82) is 0 Å². The van der Waals surface area contributed by atoms with Crippen LogP contribution in [0.1, 0.15) is 13.8 Å². The molecule has 0 aromatic heterocycles. The molecule has 0 fully saturated rings. The Morgan fingerprint density at radius 1 is 1.19 bits per heavy atom. The van der Waals surface area contributed by atoms with E-state index in [1.165, 1.54) is 0 Å². The first-order valence-corrected chi connectivity index (χ1v) is 6.85. The van der Waals surface area contributed by atoms with E-state index < -0.39 is 10.0 Å². The Morgan fingerprint density at radius 3 is 2.06 bits per heavy atom. The fraction of sp³-hybridized carbons (Fsp3) is 0.875. The molecule has 0 heterocycles. The third-order valence-corrected chi connectivity index (χ3v) is 2.16. The minimum Gasteiger partial charge on any atom is -0.357 e. The van der Waals surface area contributed by atoms with E-state index in [4.69, 9.17) is 0 Å². The van der Waals surface area contributed by atoms with E-state index in [1.54, 1.807) is 0 Å². The van der Waals surface area contributed by atoms with Crippen LogP contribution in [0.15, 0.2) is 4.99 Å². The number of nitrogens with zero attached hydrogens (tertiary/aromatic N) is 1. The number of nitrogens with one attached hydrogen (secondary N) is 3. The molecule has 0 saturated heterocycles. The molecular formula is C8H21IN4O2S. The summed E-state index contributed by atoms with van der Waals surface area (Å²) in [5, 5.41) is 6.09. The summed E-state index contributed by atoms with van der Waals surface area (Å²) in [6, 6.07) is 0. The number of guanidine groups is 1. The van der Waals surface area contributed by atoms with Crippen LogP contribution < -0.4 is 15.4 Å². The van der Waals surface area contributed by atoms with Gasteiger partial charge in [0.15, 0.2) is 5.96 Å². The summed E-state index contributed by atoms with van der Waals surface area (Å²) >= 11 is 0. The number of sulfonamides is 1. The highest BCUT2D eigenvalue weighted by molar-refractivity contribution is 14.0. The van der Waals surface area contributed by atoms with Crippen molar-refractivity contribution in [2.75, 3.05) is 32.4 Å². The van der Waals surface area contributed by atoms with Crippen LogP contribution in [-0.4, -0.2) is 46.8 Å². The largest absolute Gasteiger partial charge is 0.357 e. The molecule has 3 N–H and O–H groups in total. The van der Waals surface area contributed by atoms with Gasteiger partial charge in [-0.1, -0.05) is 0 Å². The van der Waals surface area contributed by atoms with Crippen molar-refractivity contribution in [2.24, 2.45) is 4.99 Å². The second kappa shape index (κ2) is 10.1. The fourth-order valence-corrected chi connectivity index (χ4v) is 1.37. The highest BCUT2D eigenvalue weighted by Crippen LogP contribution is 1.76. The predicted octanol–water partition coefficient (Wildman–Crippen LogP) is -0.271. The molecule has 0 amide bonds. The zero-order chi connectivity index (χ0) is 11.7. The quantitative estimate of drug-likeness (QED) is 0.262. The molecule has 0 rings (SSSR count). The minimum absolute atomic E-state index is 0. The highest BCUT2D eigenvalue weighted by Gasteiger charge is 1.98. The molecule has 0 aliphatic carbocycles. The normalized spacial score (nSPS) is 10.2. The SMILES string of the molecule is CCNC(=NCCNS(C)(=O)=O)NCC.I. The molecule has 0 bridgehead atoms. The smallest absolute Gasteiger partial charge is 0.208 e. The van der Waals surface area contributed by atoms with Gasteiger partial charge in [0.05, 0.1) is 12.8 Å². The van der Waals surface area contributed by atoms with E-state index in [9.17, 15) is 8.42 Å². The molecule has 6 nitrogen and oxygen atoms in total. The summed E-state index contributed by atoms with van der Waals surface area (Å²) in [6.07, 6.45) is 1.13. The van der Waals surface area contributed by atoms with Gasteiger partial charge in [0.25, 0.3) is 0 Å². The summed E-state index contributed by atoms with van der Waals surface area (Å²) in [5.41, 5.74) is 0. The molecule has 16 heavy (non-hydrogen) atoms. The summed E-state index contributed by atoms with van der Waals surface area (Å²) in [5.74, 6) is 0.704. The van der Waals surface area contributed by atoms with Gasteiger partial charge in [0.1, 0.15) is 0 Å². The van der Waals surface area contributed by atoms with Crippen LogP contribution in [0.3, 0.4) is 0 Å². The lowest BCUT2D eigenvalue weighted by Crippen LogP contribution is -2.37. The lowest BCUT2D eigenvalue weighted by Gasteiger charge is -2.08. The number of aliphatic imine (C=N–C) groups is 1. The van der Waals surface area contributed by atoms with Crippen molar-refractivity contribution in [3.63, 3.8) is 0 Å². The Labute approximate surface area is 115 Å². The van der Waals surface area contributed by atoms with Crippen molar-refractivity contribution in [3.8, 4) is 0 Å². The van der Waals surface area contributed by atoms with E-state index in [1.807, 2.05) is 13.8 Å². The molecule has 8 heteroatoms. The average Bonchev–Trinajstić information content (AvgIpc) is 2.11. The first-order valence-electron chi connectivity index (χ1n) is 4.96. The van der Waals surface area contributed by atoms with Crippen molar-refractivity contribution in [1.82, 2.24) is 15.4 Å². The van der Waals surface area contributed by atoms with E-state index in [-0.39, 0.29) is 24.0 Å². The molecule has 0 saturated carbocycles. The van der Waals surface area contributed by atoms with Crippen LogP contribution in [0.4, 0.5) is 0 Å². The second-order valence-electron chi connectivity index (χ2n) is 2.96. The zero-order valence-electron chi connectivity index (χ0n) is 9.91. The van der Waals surface area contributed by atoms with Gasteiger partial charge in [-0.25, -0.2) is 13.1 Å². The van der Waals surface area contributed by atoms with E-state index in [0.29, 0.717) is 19.0 Å². The third-order valence-electron chi connectivity index (χ3n) is 1.43. The number of hydrogen-bond acceptors (Lipinski definition) is 3. The summed E-state index contributed by atoms with van der Waals surface area (Å²) in [7, 11) is -3.11. The van der Waals surface area contributed by atoms with Crippen LogP contribution in [-0.2, 0) is 10.0 Å². The van der Waals surface area contributed by atoms with Gasteiger partial charge in [-0.2, -0.15) is 0 Å². The Morgan fingerprint density at radius 2 is 1.69 bits per heavy atom. The maximum Gasteiger partial charge on any atom is 0.208 e. The Balaban J connectivity index is 0. The molecule has 0 aromatic carbocycles. The summed E-state index contributed by atoms with van der Waals surface area (Å²) < 4.78 is 23.8. The van der Waals surface area contributed by atoms with Crippen molar-refractivity contribution in [3.05, 3.63) is 0 Å². The topological polar surface area (TPSA) is 82.6 Å². The Kier molecular flexibility index (Phi) is 11.5. The van der Waals surface area contributed by atoms with Crippen LogP contribution in [0.2, 0.25) is 0 Å². The first-order chi connectivity index (χ1) is 6.99. The number of rotatable bonds is 6. The lowest BCUT2D eigenvalue weighted by atomic mass is 10.6. The van der Waals surface area contributed by atoms with Gasteiger partial charge in [-0.15, -0.1) is 24.0 Å². The molecular weight excluding hydrogens is 343 g/mol. The third kappa shape index (κ3) is 12.0. The van der Waals surface area contributed by atoms with Gasteiger partial charge < -0.3 is 10.6 Å². The summed E-state index contributed by atoms with van der Waals surface area (Å²) in [6.45, 7) is 6.25. The maximum absolute atomic E-state index is 10.7. The lowest BCUT2D eigenvalue weighted by molar-refractivity contribution is 0.588. The molecule has 0 unspecified atom stereocenters. The van der Waals surface area contributed by atoms with Gasteiger partial charge in [-0.05, 0) is 13.8 Å². The zero-order valence-corrected chi connectivity index (χ0v) is 13.1. The van der Waals surface area contributed by atoms with E-state index in [2.05, 4.69) is 20.3 Å². The van der Waals surface area contributed by atoms with Crippen molar-refractivity contribution >= 4 is 40.0 Å². The Hall–Kier alpha value is -0.0900. The Bertz CT molecular complexity index is 284. The molecule has 0 aliphatic heterocycles. The molecule has 0 atom stereocenters. The standard InChI is InChI=1S/C8H20N4O2S.HI/c1-4-9-8(10-5-2)11-6-7-12-15(3,13)14;/h12H,4-7H2,1-3H3,(H2,9,10,11);1H. The minimum atomic E-state index is -3.11. The fourth-order valence-electron chi connectivity index (χ4n) is 0.908. The molecule has 0 aliphatic rings. The van der Waals surface area contributed by atoms with Crippen LogP contribution in [0.25, 0.3) is 0 Å². The van der Waals surface area contributed by atoms with Gasteiger partial charge in [0.2, 0.25) is 10.0 Å². The van der Waals surface area contributed by atoms with Gasteiger partial charge >= 0.3 is 0 Å². The molecule has 0 aromatic rings. The second-order valence-corrected chi connectivity index (χ2v) is 4.79. The van der Waals surface area contributed by atoms with Gasteiger partial charge in [0, 0.05) is 19.6 Å². The molecule has 0 radical (unpaired) electrons. The average molecular weight is 364 g/mol. The predicted molar refractivity (Wildman–Crippen MR) is 77.9 cm³/mol. The first kappa shape index (κ1) is 18.3. The van der Waals surface area contributed by atoms with Gasteiger partial charge in [-0.3, -0.25) is 4.99 Å². The maximum atomic E-state index is 10.7. The monoisotopic (exact) mass is 364 g/mol.